The number of rotatable bonds is 2. The summed E-state index contributed by atoms with van der Waals surface area (Å²) in [4.78, 5) is 36.9. The molecule has 2 saturated heterocycles. The van der Waals surface area contributed by atoms with Gasteiger partial charge in [0.15, 0.2) is 0 Å². The molecule has 0 spiro atoms. The smallest absolute Gasteiger partial charge is 0.317 e. The molecule has 2 fully saturated rings. The van der Waals surface area contributed by atoms with Crippen molar-refractivity contribution in [1.29, 1.82) is 0 Å². The molecule has 1 atom stereocenters. The van der Waals surface area contributed by atoms with Gasteiger partial charge in [-0.15, -0.1) is 0 Å². The Morgan fingerprint density at radius 3 is 2.25 bits per heavy atom. The number of fused-ring (bicyclic) bond motifs is 1. The number of para-hydroxylation sites is 2. The number of amides is 2. The summed E-state index contributed by atoms with van der Waals surface area (Å²) in [5.41, 5.74) is 1.47. The zero-order valence-corrected chi connectivity index (χ0v) is 13.3. The van der Waals surface area contributed by atoms with Gasteiger partial charge in [-0.05, 0) is 44.5 Å². The maximum absolute atomic E-state index is 13.2. The lowest BCUT2D eigenvalue weighted by atomic mass is 10.1. The van der Waals surface area contributed by atoms with Crippen LogP contribution in [-0.4, -0.2) is 34.0 Å². The van der Waals surface area contributed by atoms with Crippen LogP contribution in [0.2, 0.25) is 0 Å². The van der Waals surface area contributed by atoms with Crippen molar-refractivity contribution >= 4 is 22.8 Å². The Bertz CT molecular complexity index is 860. The summed E-state index contributed by atoms with van der Waals surface area (Å²) in [6, 6.07) is 7.10. The fraction of sp³-hybridized carbons (Fsp3) is 0.471. The van der Waals surface area contributed by atoms with E-state index in [9.17, 15) is 14.4 Å². The topological polar surface area (TPSA) is 85.1 Å². The van der Waals surface area contributed by atoms with Gasteiger partial charge in [-0.3, -0.25) is 24.0 Å². The molecule has 1 aromatic carbocycles. The molecule has 2 N–H and O–H groups in total. The molecule has 2 aromatic rings. The molecule has 0 aliphatic carbocycles. The van der Waals surface area contributed by atoms with Gasteiger partial charge in [-0.1, -0.05) is 12.1 Å². The fourth-order valence-electron chi connectivity index (χ4n) is 3.84. The third kappa shape index (κ3) is 2.36. The molecule has 126 valence electrons. The summed E-state index contributed by atoms with van der Waals surface area (Å²) >= 11 is 0. The van der Waals surface area contributed by atoms with Gasteiger partial charge in [0.2, 0.25) is 11.8 Å². The van der Waals surface area contributed by atoms with Crippen LogP contribution in [0.25, 0.3) is 11.0 Å². The number of piperidine rings is 2. The molecule has 0 radical (unpaired) electrons. The van der Waals surface area contributed by atoms with Crippen molar-refractivity contribution in [2.24, 2.45) is 0 Å². The van der Waals surface area contributed by atoms with Crippen molar-refractivity contribution in [2.75, 3.05) is 13.1 Å². The van der Waals surface area contributed by atoms with Crippen molar-refractivity contribution < 1.29 is 9.59 Å². The zero-order chi connectivity index (χ0) is 16.7. The summed E-state index contributed by atoms with van der Waals surface area (Å²) in [6.07, 6.45) is 2.41. The molecule has 4 rings (SSSR count). The van der Waals surface area contributed by atoms with Crippen LogP contribution in [-0.2, 0) is 9.59 Å². The molecular weight excluding hydrogens is 308 g/mol. The Morgan fingerprint density at radius 2 is 1.58 bits per heavy atom. The van der Waals surface area contributed by atoms with Crippen LogP contribution in [0.3, 0.4) is 0 Å². The maximum Gasteiger partial charge on any atom is 0.330 e. The molecule has 7 heteroatoms. The van der Waals surface area contributed by atoms with Crippen molar-refractivity contribution in [3.05, 3.63) is 34.7 Å². The van der Waals surface area contributed by atoms with E-state index in [1.165, 1.54) is 0 Å². The first-order valence-electron chi connectivity index (χ1n) is 8.42. The molecular formula is C17H20N4O3. The number of aromatic nitrogens is 2. The molecule has 2 amide bonds. The molecule has 2 aliphatic heterocycles. The van der Waals surface area contributed by atoms with Crippen LogP contribution in [0.15, 0.2) is 29.1 Å². The first kappa shape index (κ1) is 15.1. The Balaban J connectivity index is 1.87. The Morgan fingerprint density at radius 1 is 0.917 bits per heavy atom. The standard InChI is InChI=1S/C17H20N4O3/c22-15-6-5-14(16(23)19-15)21-13-4-2-1-3-12(13)20(17(21)24)11-7-9-18-10-8-11/h1-4,11,14,18H,5-10H2,(H,19,22,23). The summed E-state index contributed by atoms with van der Waals surface area (Å²) < 4.78 is 3.40. The van der Waals surface area contributed by atoms with E-state index in [-0.39, 0.29) is 30.0 Å². The number of nitrogens with zero attached hydrogens (tertiary/aromatic N) is 2. The molecule has 2 aliphatic rings. The van der Waals surface area contributed by atoms with Crippen molar-refractivity contribution in [1.82, 2.24) is 19.8 Å². The average Bonchev–Trinajstić information content (AvgIpc) is 2.88. The van der Waals surface area contributed by atoms with Crippen LogP contribution in [0.4, 0.5) is 0 Å². The molecule has 3 heterocycles. The summed E-state index contributed by atoms with van der Waals surface area (Å²) in [5, 5.41) is 5.66. The normalized spacial score (nSPS) is 22.8. The van der Waals surface area contributed by atoms with Crippen LogP contribution < -0.4 is 16.3 Å². The van der Waals surface area contributed by atoms with E-state index >= 15 is 0 Å². The second-order valence-corrected chi connectivity index (χ2v) is 6.46. The van der Waals surface area contributed by atoms with Gasteiger partial charge in [0.25, 0.3) is 0 Å². The third-order valence-corrected chi connectivity index (χ3v) is 5.01. The lowest BCUT2D eigenvalue weighted by molar-refractivity contribution is -0.135. The van der Waals surface area contributed by atoms with Gasteiger partial charge in [0.05, 0.1) is 11.0 Å². The van der Waals surface area contributed by atoms with E-state index in [2.05, 4.69) is 10.6 Å². The third-order valence-electron chi connectivity index (χ3n) is 5.01. The molecule has 24 heavy (non-hydrogen) atoms. The highest BCUT2D eigenvalue weighted by atomic mass is 16.2. The zero-order valence-electron chi connectivity index (χ0n) is 13.3. The number of hydrogen-bond donors (Lipinski definition) is 2. The number of carbonyl (C=O) groups excluding carboxylic acids is 2. The van der Waals surface area contributed by atoms with Crippen molar-refractivity contribution in [3.63, 3.8) is 0 Å². The predicted molar refractivity (Wildman–Crippen MR) is 88.8 cm³/mol. The quantitative estimate of drug-likeness (QED) is 0.795. The van der Waals surface area contributed by atoms with Gasteiger partial charge >= 0.3 is 5.69 Å². The predicted octanol–water partition coefficient (Wildman–Crippen LogP) is 0.705. The van der Waals surface area contributed by atoms with E-state index in [0.29, 0.717) is 6.42 Å². The second kappa shape index (κ2) is 5.90. The fourth-order valence-corrected chi connectivity index (χ4v) is 3.84. The number of carbonyl (C=O) groups is 2. The minimum atomic E-state index is -0.622. The first-order valence-corrected chi connectivity index (χ1v) is 8.42. The highest BCUT2D eigenvalue weighted by Crippen LogP contribution is 2.27. The van der Waals surface area contributed by atoms with Crippen LogP contribution >= 0.6 is 0 Å². The largest absolute Gasteiger partial charge is 0.330 e. The summed E-state index contributed by atoms with van der Waals surface area (Å²) in [7, 11) is 0. The summed E-state index contributed by atoms with van der Waals surface area (Å²) in [5.74, 6) is -0.659. The monoisotopic (exact) mass is 328 g/mol. The van der Waals surface area contributed by atoms with E-state index < -0.39 is 6.04 Å². The van der Waals surface area contributed by atoms with E-state index in [1.807, 2.05) is 28.8 Å². The highest BCUT2D eigenvalue weighted by molar-refractivity contribution is 6.00. The number of imide groups is 1. The summed E-state index contributed by atoms with van der Waals surface area (Å²) in [6.45, 7) is 1.77. The number of hydrogen-bond acceptors (Lipinski definition) is 4. The number of nitrogens with one attached hydrogen (secondary N) is 2. The van der Waals surface area contributed by atoms with Gasteiger partial charge in [-0.25, -0.2) is 4.79 Å². The minimum absolute atomic E-state index is 0.137. The Hall–Kier alpha value is -2.41. The molecule has 7 nitrogen and oxygen atoms in total. The van der Waals surface area contributed by atoms with Crippen molar-refractivity contribution in [3.8, 4) is 0 Å². The maximum atomic E-state index is 13.2. The molecule has 1 unspecified atom stereocenters. The number of benzene rings is 1. The van der Waals surface area contributed by atoms with Crippen LogP contribution in [0.5, 0.6) is 0 Å². The number of imidazole rings is 1. The van der Waals surface area contributed by atoms with Crippen LogP contribution in [0, 0.1) is 0 Å². The minimum Gasteiger partial charge on any atom is -0.317 e. The second-order valence-electron chi connectivity index (χ2n) is 6.46. The average molecular weight is 328 g/mol. The van der Waals surface area contributed by atoms with Gasteiger partial charge in [0.1, 0.15) is 6.04 Å². The Kier molecular flexibility index (Phi) is 3.72. The van der Waals surface area contributed by atoms with Gasteiger partial charge in [0, 0.05) is 12.5 Å². The lowest BCUT2D eigenvalue weighted by Gasteiger charge is -2.24. The van der Waals surface area contributed by atoms with E-state index in [1.54, 1.807) is 4.57 Å². The van der Waals surface area contributed by atoms with Gasteiger partial charge in [-0.2, -0.15) is 0 Å². The molecule has 1 aromatic heterocycles. The van der Waals surface area contributed by atoms with E-state index in [4.69, 9.17) is 0 Å². The first-order chi connectivity index (χ1) is 11.7. The highest BCUT2D eigenvalue weighted by Gasteiger charge is 2.32. The Labute approximate surface area is 138 Å². The van der Waals surface area contributed by atoms with Gasteiger partial charge < -0.3 is 5.32 Å². The SMILES string of the molecule is O=C1CCC(n2c(=O)n(C3CCNCC3)c3ccccc32)C(=O)N1. The van der Waals surface area contributed by atoms with Crippen molar-refractivity contribution in [2.45, 2.75) is 37.8 Å². The van der Waals surface area contributed by atoms with Crippen LogP contribution in [0.1, 0.15) is 37.8 Å². The van der Waals surface area contributed by atoms with E-state index in [0.717, 1.165) is 37.0 Å². The lowest BCUT2D eigenvalue weighted by Crippen LogP contribution is -2.45. The molecule has 0 saturated carbocycles. The molecule has 0 bridgehead atoms.